The molecule has 0 saturated heterocycles. The second-order valence-corrected chi connectivity index (χ2v) is 5.37. The maximum atomic E-state index is 13.1. The number of benzene rings is 2. The number of halogens is 3. The van der Waals surface area contributed by atoms with Crippen LogP contribution in [0.1, 0.15) is 11.1 Å². The lowest BCUT2D eigenvalue weighted by molar-refractivity contribution is -0.286. The number of aryl methyl sites for hydroxylation is 1. The molecule has 1 aliphatic heterocycles. The Kier molecular flexibility index (Phi) is 3.32. The molecule has 0 amide bonds. The van der Waals surface area contributed by atoms with E-state index in [0.717, 1.165) is 21.1 Å². The van der Waals surface area contributed by atoms with Crippen molar-refractivity contribution >= 4 is 22.6 Å². The minimum Gasteiger partial charge on any atom is -0.395 e. The lowest BCUT2D eigenvalue weighted by Gasteiger charge is -2.08. The zero-order chi connectivity index (χ0) is 14.3. The smallest absolute Gasteiger partial charge is 0.395 e. The van der Waals surface area contributed by atoms with Crippen LogP contribution in [0.25, 0.3) is 11.1 Å². The molecule has 0 spiro atoms. The highest BCUT2D eigenvalue weighted by Crippen LogP contribution is 2.44. The fraction of sp³-hybridized carbons (Fsp3) is 0.200. The summed E-state index contributed by atoms with van der Waals surface area (Å²) in [5.41, 5.74) is 3.93. The molecule has 104 valence electrons. The molecule has 0 fully saturated rings. The Bertz CT molecular complexity index is 654. The van der Waals surface area contributed by atoms with Gasteiger partial charge in [0.15, 0.2) is 11.5 Å². The standard InChI is InChI=1S/C15H11F2IO2/c1-9-6-13-14(20-15(16,17)19-13)7-12(9)11-4-2-10(8-18)3-5-11/h2-7H,8H2,1H3. The fourth-order valence-electron chi connectivity index (χ4n) is 2.18. The molecule has 1 aliphatic rings. The Morgan fingerprint density at radius 1 is 1.05 bits per heavy atom. The first-order valence-corrected chi connectivity index (χ1v) is 7.57. The zero-order valence-electron chi connectivity index (χ0n) is 10.6. The van der Waals surface area contributed by atoms with Crippen molar-refractivity contribution in [1.82, 2.24) is 0 Å². The average molecular weight is 388 g/mol. The molecule has 0 unspecified atom stereocenters. The summed E-state index contributed by atoms with van der Waals surface area (Å²) >= 11 is 2.29. The number of hydrogen-bond acceptors (Lipinski definition) is 2. The van der Waals surface area contributed by atoms with Gasteiger partial charge in [-0.05, 0) is 41.3 Å². The lowest BCUT2D eigenvalue weighted by atomic mass is 9.99. The molecule has 3 rings (SSSR count). The third-order valence-electron chi connectivity index (χ3n) is 3.17. The highest BCUT2D eigenvalue weighted by molar-refractivity contribution is 14.1. The summed E-state index contributed by atoms with van der Waals surface area (Å²) in [6, 6.07) is 11.2. The van der Waals surface area contributed by atoms with Gasteiger partial charge in [-0.3, -0.25) is 0 Å². The maximum absolute atomic E-state index is 13.1. The van der Waals surface area contributed by atoms with Gasteiger partial charge in [0.2, 0.25) is 0 Å². The molecule has 0 atom stereocenters. The molecular formula is C15H11F2IO2. The second-order valence-electron chi connectivity index (χ2n) is 4.61. The predicted octanol–water partition coefficient (Wildman–Crippen LogP) is 4.92. The molecule has 0 radical (unpaired) electrons. The third kappa shape index (κ3) is 2.46. The Morgan fingerprint density at radius 2 is 1.65 bits per heavy atom. The average Bonchev–Trinajstić information content (AvgIpc) is 2.71. The van der Waals surface area contributed by atoms with Crippen LogP contribution in [-0.4, -0.2) is 6.29 Å². The minimum absolute atomic E-state index is 0.0774. The van der Waals surface area contributed by atoms with Crippen LogP contribution in [-0.2, 0) is 4.43 Å². The van der Waals surface area contributed by atoms with Crippen molar-refractivity contribution < 1.29 is 18.3 Å². The number of hydrogen-bond donors (Lipinski definition) is 0. The van der Waals surface area contributed by atoms with Crippen molar-refractivity contribution in [2.45, 2.75) is 17.6 Å². The minimum atomic E-state index is -3.57. The van der Waals surface area contributed by atoms with Crippen molar-refractivity contribution in [1.29, 1.82) is 0 Å². The Labute approximate surface area is 128 Å². The van der Waals surface area contributed by atoms with E-state index in [4.69, 9.17) is 0 Å². The SMILES string of the molecule is Cc1cc2c(cc1-c1ccc(CI)cc1)OC(F)(F)O2. The maximum Gasteiger partial charge on any atom is 0.586 e. The van der Waals surface area contributed by atoms with Gasteiger partial charge in [0.05, 0.1) is 0 Å². The molecule has 2 nitrogen and oxygen atoms in total. The van der Waals surface area contributed by atoms with E-state index in [1.807, 2.05) is 31.2 Å². The molecule has 0 saturated carbocycles. The molecule has 0 bridgehead atoms. The van der Waals surface area contributed by atoms with Gasteiger partial charge in [0.1, 0.15) is 0 Å². The van der Waals surface area contributed by atoms with Crippen LogP contribution in [0.15, 0.2) is 36.4 Å². The van der Waals surface area contributed by atoms with Crippen LogP contribution >= 0.6 is 22.6 Å². The molecule has 0 N–H and O–H groups in total. The third-order valence-corrected chi connectivity index (χ3v) is 4.05. The summed E-state index contributed by atoms with van der Waals surface area (Å²) in [5, 5.41) is 0. The largest absolute Gasteiger partial charge is 0.586 e. The van der Waals surface area contributed by atoms with Gasteiger partial charge in [-0.2, -0.15) is 0 Å². The Hall–Kier alpha value is -1.37. The number of fused-ring (bicyclic) bond motifs is 1. The normalized spacial score (nSPS) is 15.4. The van der Waals surface area contributed by atoms with Gasteiger partial charge in [-0.15, -0.1) is 8.78 Å². The van der Waals surface area contributed by atoms with E-state index in [-0.39, 0.29) is 11.5 Å². The Morgan fingerprint density at radius 3 is 2.25 bits per heavy atom. The molecule has 2 aromatic carbocycles. The summed E-state index contributed by atoms with van der Waals surface area (Å²) in [7, 11) is 0. The van der Waals surface area contributed by atoms with Crippen LogP contribution in [0.2, 0.25) is 0 Å². The summed E-state index contributed by atoms with van der Waals surface area (Å²) < 4.78 is 36.0. The molecule has 2 aromatic rings. The number of rotatable bonds is 2. The number of alkyl halides is 3. The van der Waals surface area contributed by atoms with Crippen LogP contribution in [0.4, 0.5) is 8.78 Å². The van der Waals surface area contributed by atoms with E-state index < -0.39 is 6.29 Å². The summed E-state index contributed by atoms with van der Waals surface area (Å²) in [5.74, 6) is 0.161. The lowest BCUT2D eigenvalue weighted by Crippen LogP contribution is -2.25. The van der Waals surface area contributed by atoms with E-state index in [2.05, 4.69) is 32.1 Å². The summed E-state index contributed by atoms with van der Waals surface area (Å²) in [6.45, 7) is 1.86. The molecule has 1 heterocycles. The van der Waals surface area contributed by atoms with Crippen molar-refractivity contribution in [3.8, 4) is 22.6 Å². The van der Waals surface area contributed by atoms with E-state index in [0.29, 0.717) is 0 Å². The van der Waals surface area contributed by atoms with E-state index in [1.165, 1.54) is 5.56 Å². The van der Waals surface area contributed by atoms with Gasteiger partial charge >= 0.3 is 6.29 Å². The van der Waals surface area contributed by atoms with Crippen molar-refractivity contribution in [2.24, 2.45) is 0 Å². The van der Waals surface area contributed by atoms with Gasteiger partial charge in [0.25, 0.3) is 0 Å². The number of ether oxygens (including phenoxy) is 2. The van der Waals surface area contributed by atoms with Gasteiger partial charge in [-0.1, -0.05) is 46.9 Å². The second kappa shape index (κ2) is 4.87. The monoisotopic (exact) mass is 388 g/mol. The molecule has 0 aliphatic carbocycles. The van der Waals surface area contributed by atoms with Crippen molar-refractivity contribution in [2.75, 3.05) is 0 Å². The first kappa shape index (κ1) is 13.6. The highest BCUT2D eigenvalue weighted by atomic mass is 127. The summed E-state index contributed by atoms with van der Waals surface area (Å²) in [6.07, 6.45) is -3.57. The Balaban J connectivity index is 2.03. The topological polar surface area (TPSA) is 18.5 Å². The van der Waals surface area contributed by atoms with Gasteiger partial charge < -0.3 is 9.47 Å². The predicted molar refractivity (Wildman–Crippen MR) is 80.5 cm³/mol. The van der Waals surface area contributed by atoms with E-state index >= 15 is 0 Å². The van der Waals surface area contributed by atoms with Crippen LogP contribution < -0.4 is 9.47 Å². The van der Waals surface area contributed by atoms with Crippen LogP contribution in [0.3, 0.4) is 0 Å². The molecule has 5 heteroatoms. The van der Waals surface area contributed by atoms with E-state index in [1.54, 1.807) is 12.1 Å². The van der Waals surface area contributed by atoms with Crippen LogP contribution in [0, 0.1) is 6.92 Å². The van der Waals surface area contributed by atoms with Crippen molar-refractivity contribution in [3.05, 3.63) is 47.5 Å². The first-order chi connectivity index (χ1) is 9.48. The van der Waals surface area contributed by atoms with Crippen LogP contribution in [0.5, 0.6) is 11.5 Å². The molecule has 20 heavy (non-hydrogen) atoms. The quantitative estimate of drug-likeness (QED) is 0.537. The first-order valence-electron chi connectivity index (χ1n) is 6.04. The van der Waals surface area contributed by atoms with Gasteiger partial charge in [-0.25, -0.2) is 0 Å². The highest BCUT2D eigenvalue weighted by Gasteiger charge is 2.43. The zero-order valence-corrected chi connectivity index (χ0v) is 12.8. The summed E-state index contributed by atoms with van der Waals surface area (Å²) in [4.78, 5) is 0. The van der Waals surface area contributed by atoms with Crippen molar-refractivity contribution in [3.63, 3.8) is 0 Å². The molecular weight excluding hydrogens is 377 g/mol. The van der Waals surface area contributed by atoms with Gasteiger partial charge in [0, 0.05) is 4.43 Å². The fourth-order valence-corrected chi connectivity index (χ4v) is 2.69. The van der Waals surface area contributed by atoms with E-state index in [9.17, 15) is 8.78 Å². The molecule has 0 aromatic heterocycles.